The number of aliphatic imine (C=N–C) groups is 1. The largest absolute Gasteiger partial charge is 0.481 e. The molecule has 1 saturated heterocycles. The lowest BCUT2D eigenvalue weighted by atomic mass is 9.85. The zero-order valence-electron chi connectivity index (χ0n) is 21.1. The van der Waals surface area contributed by atoms with Gasteiger partial charge in [0.15, 0.2) is 22.5 Å². The molecule has 214 valence electrons. The first kappa shape index (κ1) is 28.6. The number of carboxylic acids is 1. The molecule has 2 fully saturated rings. The number of esters is 1. The third-order valence-corrected chi connectivity index (χ3v) is 11.0. The van der Waals surface area contributed by atoms with Gasteiger partial charge in [0.2, 0.25) is 10.0 Å². The molecule has 5 rings (SSSR count). The van der Waals surface area contributed by atoms with Crippen molar-refractivity contribution >= 4 is 50.7 Å². The summed E-state index contributed by atoms with van der Waals surface area (Å²) in [5, 5.41) is 13.3. The first-order valence-electron chi connectivity index (χ1n) is 12.4. The molecule has 1 atom stereocenters. The predicted octanol–water partition coefficient (Wildman–Crippen LogP) is 3.50. The number of allylic oxidation sites excluding steroid dienone is 1. The number of ether oxygens (including phenoxy) is 1. The Hall–Kier alpha value is -2.94. The number of benzene rings is 1. The van der Waals surface area contributed by atoms with E-state index < -0.39 is 55.8 Å². The third kappa shape index (κ3) is 5.13. The minimum absolute atomic E-state index is 0.0558. The number of thiazole rings is 1. The first-order valence-corrected chi connectivity index (χ1v) is 15.2. The number of methoxy groups -OCH3 is 1. The van der Waals surface area contributed by atoms with Gasteiger partial charge in [0.1, 0.15) is 6.04 Å². The molecule has 0 spiro atoms. The standard InChI is InChI=1S/C25H25ClF2N4O6S2/c1-38-25(35)17-20(12-4-7-32(8-5-12)40(36,37)14-10-13(11-14)24(33)34)30-22(23-29-6-9-39-23)31-21(17)15-2-3-16(27)19(28)18(15)26/h2-3,6,9,12-14,21H,4-5,7-8,10-11H2,1H3,(H,30,31)(H,33,34)/t13-,14+,21-/m1/s1. The van der Waals surface area contributed by atoms with Crippen molar-refractivity contribution in [2.24, 2.45) is 16.8 Å². The second-order valence-electron chi connectivity index (χ2n) is 9.77. The van der Waals surface area contributed by atoms with Gasteiger partial charge in [-0.2, -0.15) is 0 Å². The Morgan fingerprint density at radius 3 is 2.52 bits per heavy atom. The van der Waals surface area contributed by atoms with E-state index in [9.17, 15) is 26.8 Å². The molecule has 1 aliphatic carbocycles. The Morgan fingerprint density at radius 1 is 1.23 bits per heavy atom. The van der Waals surface area contributed by atoms with Gasteiger partial charge in [-0.3, -0.25) is 9.79 Å². The molecule has 0 radical (unpaired) electrons. The number of nitrogens with zero attached hydrogens (tertiary/aromatic N) is 3. The van der Waals surface area contributed by atoms with Crippen LogP contribution in [0.4, 0.5) is 8.78 Å². The van der Waals surface area contributed by atoms with Gasteiger partial charge < -0.3 is 15.2 Å². The average Bonchev–Trinajstić information content (AvgIpc) is 3.45. The number of rotatable bonds is 7. The van der Waals surface area contributed by atoms with Crippen molar-refractivity contribution in [2.75, 3.05) is 20.2 Å². The number of hydrogen-bond acceptors (Lipinski definition) is 9. The van der Waals surface area contributed by atoms with Crippen molar-refractivity contribution in [2.45, 2.75) is 37.0 Å². The van der Waals surface area contributed by atoms with Crippen LogP contribution in [0.1, 0.15) is 42.3 Å². The van der Waals surface area contributed by atoms with E-state index in [4.69, 9.17) is 21.4 Å². The van der Waals surface area contributed by atoms with Crippen molar-refractivity contribution in [3.63, 3.8) is 0 Å². The Bertz CT molecular complexity index is 1500. The number of sulfonamides is 1. The van der Waals surface area contributed by atoms with Gasteiger partial charge in [-0.1, -0.05) is 17.7 Å². The van der Waals surface area contributed by atoms with Gasteiger partial charge in [-0.25, -0.2) is 31.3 Å². The van der Waals surface area contributed by atoms with E-state index in [1.807, 2.05) is 0 Å². The molecule has 15 heteroatoms. The summed E-state index contributed by atoms with van der Waals surface area (Å²) >= 11 is 7.48. The van der Waals surface area contributed by atoms with E-state index in [0.29, 0.717) is 29.4 Å². The molecule has 10 nitrogen and oxygen atoms in total. The highest BCUT2D eigenvalue weighted by Gasteiger charge is 2.46. The molecule has 1 aromatic carbocycles. The Kier molecular flexibility index (Phi) is 7.97. The van der Waals surface area contributed by atoms with Crippen LogP contribution in [0.25, 0.3) is 0 Å². The Labute approximate surface area is 237 Å². The van der Waals surface area contributed by atoms with Crippen molar-refractivity contribution in [1.82, 2.24) is 14.6 Å². The summed E-state index contributed by atoms with van der Waals surface area (Å²) < 4.78 is 61.0. The zero-order chi connectivity index (χ0) is 28.8. The van der Waals surface area contributed by atoms with E-state index in [2.05, 4.69) is 15.3 Å². The highest BCUT2D eigenvalue weighted by atomic mass is 35.5. The maximum Gasteiger partial charge on any atom is 0.338 e. The average molecular weight is 615 g/mol. The number of piperidine rings is 1. The molecule has 0 unspecified atom stereocenters. The fraction of sp³-hybridized carbons (Fsp3) is 0.440. The minimum Gasteiger partial charge on any atom is -0.481 e. The summed E-state index contributed by atoms with van der Waals surface area (Å²) in [6.45, 7) is 0.308. The summed E-state index contributed by atoms with van der Waals surface area (Å²) in [7, 11) is -2.49. The quantitative estimate of drug-likeness (QED) is 0.357. The van der Waals surface area contributed by atoms with Crippen LogP contribution in [0.2, 0.25) is 5.02 Å². The normalized spacial score (nSPS) is 24.2. The van der Waals surface area contributed by atoms with Crippen molar-refractivity contribution in [3.05, 3.63) is 62.2 Å². The number of carbonyl (C=O) groups excluding carboxylic acids is 1. The lowest BCUT2D eigenvalue weighted by Crippen LogP contribution is -2.50. The molecule has 1 saturated carbocycles. The molecule has 2 aromatic rings. The van der Waals surface area contributed by atoms with E-state index in [1.165, 1.54) is 28.8 Å². The number of carbonyl (C=O) groups is 2. The van der Waals surface area contributed by atoms with Crippen molar-refractivity contribution in [1.29, 1.82) is 0 Å². The second kappa shape index (κ2) is 11.1. The molecule has 40 heavy (non-hydrogen) atoms. The number of amidine groups is 1. The number of nitrogens with one attached hydrogen (secondary N) is 1. The van der Waals surface area contributed by atoms with Gasteiger partial charge in [-0.15, -0.1) is 11.3 Å². The van der Waals surface area contributed by atoms with Crippen LogP contribution in [0, 0.1) is 23.5 Å². The molecule has 2 N–H and O–H groups in total. The molecular weight excluding hydrogens is 590 g/mol. The van der Waals surface area contributed by atoms with Crippen molar-refractivity contribution < 1.29 is 36.6 Å². The van der Waals surface area contributed by atoms with Gasteiger partial charge in [-0.05, 0) is 31.7 Å². The number of hydrogen-bond donors (Lipinski definition) is 2. The molecule has 3 heterocycles. The monoisotopic (exact) mass is 614 g/mol. The van der Waals surface area contributed by atoms with Crippen molar-refractivity contribution in [3.8, 4) is 0 Å². The molecule has 0 bridgehead atoms. The van der Waals surface area contributed by atoms with E-state index >= 15 is 0 Å². The zero-order valence-corrected chi connectivity index (χ0v) is 23.5. The van der Waals surface area contributed by atoms with E-state index in [-0.39, 0.29) is 43.0 Å². The fourth-order valence-electron chi connectivity index (χ4n) is 5.27. The van der Waals surface area contributed by atoms with Gasteiger partial charge in [0, 0.05) is 41.8 Å². The van der Waals surface area contributed by atoms with Crippen LogP contribution < -0.4 is 5.32 Å². The van der Waals surface area contributed by atoms with E-state index in [0.717, 1.165) is 6.07 Å². The van der Waals surface area contributed by atoms with Gasteiger partial charge in [0.05, 0.1) is 28.9 Å². The first-order chi connectivity index (χ1) is 19.0. The third-order valence-electron chi connectivity index (χ3n) is 7.56. The van der Waals surface area contributed by atoms with Crippen LogP contribution in [0.3, 0.4) is 0 Å². The lowest BCUT2D eigenvalue weighted by molar-refractivity contribution is -0.144. The second-order valence-corrected chi connectivity index (χ2v) is 13.3. The van der Waals surface area contributed by atoms with Crippen LogP contribution in [-0.4, -0.2) is 66.0 Å². The smallest absolute Gasteiger partial charge is 0.338 e. The predicted molar refractivity (Wildman–Crippen MR) is 142 cm³/mol. The molecule has 2 aliphatic heterocycles. The number of halogens is 3. The van der Waals surface area contributed by atoms with Crippen LogP contribution in [-0.2, 0) is 24.3 Å². The van der Waals surface area contributed by atoms with Crippen LogP contribution in [0.15, 0.2) is 40.0 Å². The molecule has 0 amide bonds. The summed E-state index contributed by atoms with van der Waals surface area (Å²) in [6.07, 6.45) is 2.41. The molecule has 1 aromatic heterocycles. The fourth-order valence-corrected chi connectivity index (χ4v) is 8.20. The molecular formula is C25H25ClF2N4O6S2. The minimum atomic E-state index is -3.68. The summed E-state index contributed by atoms with van der Waals surface area (Å²) in [5.74, 6) is -4.86. The highest BCUT2D eigenvalue weighted by molar-refractivity contribution is 7.89. The maximum absolute atomic E-state index is 14.5. The summed E-state index contributed by atoms with van der Waals surface area (Å²) in [4.78, 5) is 33.2. The van der Waals surface area contributed by atoms with E-state index in [1.54, 1.807) is 11.6 Å². The van der Waals surface area contributed by atoms with Gasteiger partial charge in [0.25, 0.3) is 0 Å². The lowest BCUT2D eigenvalue weighted by Gasteiger charge is -2.40. The summed E-state index contributed by atoms with van der Waals surface area (Å²) in [5.41, 5.74) is 0.539. The maximum atomic E-state index is 14.5. The highest BCUT2D eigenvalue weighted by Crippen LogP contribution is 2.42. The topological polar surface area (TPSA) is 138 Å². The number of aromatic nitrogens is 1. The van der Waals surface area contributed by atoms with Crippen LogP contribution in [0.5, 0.6) is 0 Å². The van der Waals surface area contributed by atoms with Gasteiger partial charge >= 0.3 is 11.9 Å². The SMILES string of the molecule is COC(=O)C1=C(C2CCN(S(=O)(=O)[C@H]3C[C@@H](C(=O)O)C3)CC2)NC(c2nccs2)=N[C@@H]1c1ccc(F)c(F)c1Cl. The van der Waals surface area contributed by atoms with Crippen LogP contribution >= 0.6 is 22.9 Å². The molecule has 3 aliphatic rings. The Morgan fingerprint density at radius 2 is 1.93 bits per heavy atom. The Balaban J connectivity index is 1.48. The number of aliphatic carboxylic acids is 1. The number of carboxylic acid groups (broad SMARTS) is 1. The summed E-state index contributed by atoms with van der Waals surface area (Å²) in [6, 6.07) is 1.03.